The standard InChI is InChI=1S/C12H13ClN4O/c1-7-4-9(18-17-7)6-14-11-5-10(13)15-12(16-11)8-2-3-8/h4-5,8H,2-3,6H2,1H3,(H,14,15,16). The van der Waals surface area contributed by atoms with Crippen molar-refractivity contribution in [3.63, 3.8) is 0 Å². The predicted molar refractivity (Wildman–Crippen MR) is 67.6 cm³/mol. The van der Waals surface area contributed by atoms with Gasteiger partial charge < -0.3 is 9.84 Å². The minimum atomic E-state index is 0.475. The lowest BCUT2D eigenvalue weighted by Gasteiger charge is -2.05. The van der Waals surface area contributed by atoms with Gasteiger partial charge in [-0.25, -0.2) is 9.97 Å². The Labute approximate surface area is 110 Å². The van der Waals surface area contributed by atoms with E-state index in [2.05, 4.69) is 20.4 Å². The molecule has 0 saturated heterocycles. The summed E-state index contributed by atoms with van der Waals surface area (Å²) in [5, 5.41) is 7.47. The smallest absolute Gasteiger partial charge is 0.156 e. The van der Waals surface area contributed by atoms with Gasteiger partial charge in [0.25, 0.3) is 0 Å². The average molecular weight is 265 g/mol. The number of halogens is 1. The van der Waals surface area contributed by atoms with Gasteiger partial charge in [0.05, 0.1) is 12.2 Å². The van der Waals surface area contributed by atoms with E-state index in [1.807, 2.05) is 13.0 Å². The molecule has 5 nitrogen and oxygen atoms in total. The molecule has 0 atom stereocenters. The van der Waals surface area contributed by atoms with E-state index in [0.717, 1.165) is 35.9 Å². The molecule has 2 heterocycles. The maximum Gasteiger partial charge on any atom is 0.156 e. The fourth-order valence-corrected chi connectivity index (χ4v) is 1.92. The molecule has 2 aromatic heterocycles. The topological polar surface area (TPSA) is 63.8 Å². The largest absolute Gasteiger partial charge is 0.363 e. The van der Waals surface area contributed by atoms with E-state index in [9.17, 15) is 0 Å². The van der Waals surface area contributed by atoms with Crippen molar-refractivity contribution < 1.29 is 4.52 Å². The van der Waals surface area contributed by atoms with E-state index in [0.29, 0.717) is 17.6 Å². The molecule has 2 aromatic rings. The Kier molecular flexibility index (Phi) is 2.91. The first-order valence-electron chi connectivity index (χ1n) is 5.91. The second-order valence-corrected chi connectivity index (χ2v) is 4.88. The number of rotatable bonds is 4. The Morgan fingerprint density at radius 3 is 2.89 bits per heavy atom. The Morgan fingerprint density at radius 1 is 1.39 bits per heavy atom. The molecule has 0 bridgehead atoms. The Morgan fingerprint density at radius 2 is 2.22 bits per heavy atom. The number of nitrogens with one attached hydrogen (secondary N) is 1. The zero-order chi connectivity index (χ0) is 12.5. The normalized spacial score (nSPS) is 14.8. The molecule has 0 amide bonds. The molecule has 1 aliphatic carbocycles. The zero-order valence-corrected chi connectivity index (χ0v) is 10.7. The summed E-state index contributed by atoms with van der Waals surface area (Å²) in [5.74, 6) is 2.82. The first kappa shape index (κ1) is 11.5. The van der Waals surface area contributed by atoms with Gasteiger partial charge in [-0.15, -0.1) is 0 Å². The molecule has 0 aliphatic heterocycles. The van der Waals surface area contributed by atoms with Crippen molar-refractivity contribution in [3.8, 4) is 0 Å². The van der Waals surface area contributed by atoms with Crippen LogP contribution in [-0.4, -0.2) is 15.1 Å². The van der Waals surface area contributed by atoms with E-state index in [4.69, 9.17) is 16.1 Å². The number of aromatic nitrogens is 3. The lowest BCUT2D eigenvalue weighted by molar-refractivity contribution is 0.384. The summed E-state index contributed by atoms with van der Waals surface area (Å²) >= 11 is 5.98. The number of aryl methyl sites for hydroxylation is 1. The highest BCUT2D eigenvalue weighted by Gasteiger charge is 2.27. The van der Waals surface area contributed by atoms with Crippen LogP contribution >= 0.6 is 11.6 Å². The van der Waals surface area contributed by atoms with Gasteiger partial charge in [0, 0.05) is 18.1 Å². The Bertz CT molecular complexity index is 565. The van der Waals surface area contributed by atoms with E-state index in [-0.39, 0.29) is 0 Å². The van der Waals surface area contributed by atoms with Gasteiger partial charge in [0.15, 0.2) is 5.76 Å². The first-order valence-corrected chi connectivity index (χ1v) is 6.29. The van der Waals surface area contributed by atoms with Crippen molar-refractivity contribution in [2.24, 2.45) is 0 Å². The molecule has 0 aromatic carbocycles. The number of anilines is 1. The van der Waals surface area contributed by atoms with E-state index < -0.39 is 0 Å². The van der Waals surface area contributed by atoms with Crippen molar-refractivity contribution in [2.45, 2.75) is 32.2 Å². The van der Waals surface area contributed by atoms with Gasteiger partial charge in [-0.2, -0.15) is 0 Å². The van der Waals surface area contributed by atoms with Crippen LogP contribution in [-0.2, 0) is 6.54 Å². The van der Waals surface area contributed by atoms with Crippen LogP contribution in [0, 0.1) is 6.92 Å². The van der Waals surface area contributed by atoms with Gasteiger partial charge in [0.2, 0.25) is 0 Å². The van der Waals surface area contributed by atoms with E-state index >= 15 is 0 Å². The molecule has 1 fully saturated rings. The second kappa shape index (κ2) is 4.57. The number of hydrogen-bond acceptors (Lipinski definition) is 5. The van der Waals surface area contributed by atoms with E-state index in [1.165, 1.54) is 0 Å². The molecular weight excluding hydrogens is 252 g/mol. The van der Waals surface area contributed by atoms with Crippen LogP contribution in [0.4, 0.5) is 5.82 Å². The molecule has 0 radical (unpaired) electrons. The molecule has 6 heteroatoms. The fourth-order valence-electron chi connectivity index (χ4n) is 1.73. The van der Waals surface area contributed by atoms with Crippen LogP contribution in [0.3, 0.4) is 0 Å². The van der Waals surface area contributed by atoms with Crippen molar-refractivity contribution in [2.75, 3.05) is 5.32 Å². The van der Waals surface area contributed by atoms with Gasteiger partial charge in [-0.3, -0.25) is 0 Å². The van der Waals surface area contributed by atoms with Gasteiger partial charge in [-0.05, 0) is 19.8 Å². The Hall–Kier alpha value is -1.62. The minimum absolute atomic E-state index is 0.475. The van der Waals surface area contributed by atoms with Crippen LogP contribution in [0.15, 0.2) is 16.7 Å². The fraction of sp³-hybridized carbons (Fsp3) is 0.417. The maximum absolute atomic E-state index is 5.98. The summed E-state index contributed by atoms with van der Waals surface area (Å²) in [5.41, 5.74) is 0.867. The first-order chi connectivity index (χ1) is 8.70. The predicted octanol–water partition coefficient (Wildman–Crippen LogP) is 2.92. The van der Waals surface area contributed by atoms with Crippen LogP contribution in [0.25, 0.3) is 0 Å². The molecule has 1 saturated carbocycles. The van der Waals surface area contributed by atoms with Crippen molar-refractivity contribution in [1.29, 1.82) is 0 Å². The van der Waals surface area contributed by atoms with Crippen molar-refractivity contribution in [1.82, 2.24) is 15.1 Å². The summed E-state index contributed by atoms with van der Waals surface area (Å²) in [6.45, 7) is 2.43. The van der Waals surface area contributed by atoms with Gasteiger partial charge in [0.1, 0.15) is 16.8 Å². The highest BCUT2D eigenvalue weighted by molar-refractivity contribution is 6.29. The molecule has 3 rings (SSSR count). The summed E-state index contributed by atoms with van der Waals surface area (Å²) < 4.78 is 5.12. The maximum atomic E-state index is 5.98. The molecular formula is C12H13ClN4O. The number of nitrogens with zero attached hydrogens (tertiary/aromatic N) is 3. The summed E-state index contributed by atoms with van der Waals surface area (Å²) in [7, 11) is 0. The van der Waals surface area contributed by atoms with E-state index in [1.54, 1.807) is 6.07 Å². The monoisotopic (exact) mass is 264 g/mol. The van der Waals surface area contributed by atoms with Gasteiger partial charge in [-0.1, -0.05) is 16.8 Å². The quantitative estimate of drug-likeness (QED) is 0.860. The summed E-state index contributed by atoms with van der Waals surface area (Å²) in [6, 6.07) is 3.61. The molecule has 18 heavy (non-hydrogen) atoms. The highest BCUT2D eigenvalue weighted by atomic mass is 35.5. The van der Waals surface area contributed by atoms with Crippen LogP contribution < -0.4 is 5.32 Å². The molecule has 1 N–H and O–H groups in total. The SMILES string of the molecule is Cc1cc(CNc2cc(Cl)nc(C3CC3)n2)on1. The Balaban J connectivity index is 1.71. The highest BCUT2D eigenvalue weighted by Crippen LogP contribution is 2.38. The van der Waals surface area contributed by atoms with Crippen LogP contribution in [0.1, 0.15) is 36.0 Å². The lowest BCUT2D eigenvalue weighted by atomic mass is 10.3. The summed E-state index contributed by atoms with van der Waals surface area (Å²) in [4.78, 5) is 8.68. The zero-order valence-electron chi connectivity index (χ0n) is 9.98. The van der Waals surface area contributed by atoms with Crippen molar-refractivity contribution >= 4 is 17.4 Å². The van der Waals surface area contributed by atoms with Crippen molar-refractivity contribution in [3.05, 3.63) is 34.6 Å². The molecule has 94 valence electrons. The van der Waals surface area contributed by atoms with Crippen LogP contribution in [0.5, 0.6) is 0 Å². The average Bonchev–Trinajstić information content (AvgIpc) is 3.10. The van der Waals surface area contributed by atoms with Gasteiger partial charge >= 0.3 is 0 Å². The minimum Gasteiger partial charge on any atom is -0.363 e. The molecule has 1 aliphatic rings. The number of hydrogen-bond donors (Lipinski definition) is 1. The third kappa shape index (κ3) is 2.61. The lowest BCUT2D eigenvalue weighted by Crippen LogP contribution is -2.03. The molecule has 0 unspecified atom stereocenters. The second-order valence-electron chi connectivity index (χ2n) is 4.50. The molecule has 0 spiro atoms. The third-order valence-corrected chi connectivity index (χ3v) is 2.97. The van der Waals surface area contributed by atoms with Crippen LogP contribution in [0.2, 0.25) is 5.15 Å². The third-order valence-electron chi connectivity index (χ3n) is 2.78. The summed E-state index contributed by atoms with van der Waals surface area (Å²) in [6.07, 6.45) is 2.31.